The number of anilines is 2. The van der Waals surface area contributed by atoms with Crippen molar-refractivity contribution in [2.24, 2.45) is 0 Å². The van der Waals surface area contributed by atoms with Gasteiger partial charge in [0.1, 0.15) is 0 Å². The lowest BCUT2D eigenvalue weighted by Crippen LogP contribution is -2.37. The van der Waals surface area contributed by atoms with Crippen LogP contribution in [0.5, 0.6) is 0 Å². The Balaban J connectivity index is 1.88. The highest BCUT2D eigenvalue weighted by Gasteiger charge is 2.18. The maximum atomic E-state index is 12.2. The highest BCUT2D eigenvalue weighted by Crippen LogP contribution is 2.18. The minimum atomic E-state index is -0.678. The number of benzene rings is 2. The van der Waals surface area contributed by atoms with Crippen LogP contribution < -0.4 is 11.1 Å². The number of rotatable bonds is 6. The molecule has 0 saturated heterocycles. The molecule has 7 nitrogen and oxygen atoms in total. The molecule has 2 aromatic carbocycles. The second kappa shape index (κ2) is 9.03. The molecule has 148 valence electrons. The zero-order valence-electron chi connectivity index (χ0n) is 16.5. The lowest BCUT2D eigenvalue weighted by molar-refractivity contribution is -0.136. The van der Waals surface area contributed by atoms with E-state index >= 15 is 0 Å². The van der Waals surface area contributed by atoms with E-state index in [1.54, 1.807) is 19.1 Å². The first-order valence-corrected chi connectivity index (χ1v) is 8.82. The average Bonchev–Trinajstić information content (AvgIpc) is 2.64. The van der Waals surface area contributed by atoms with E-state index < -0.39 is 18.5 Å². The van der Waals surface area contributed by atoms with Gasteiger partial charge in [0, 0.05) is 18.4 Å². The molecule has 0 bridgehead atoms. The number of amides is 2. The number of nitrogen functional groups attached to an aromatic ring is 1. The molecule has 0 heterocycles. The number of esters is 1. The third-order valence-corrected chi connectivity index (χ3v) is 4.34. The van der Waals surface area contributed by atoms with E-state index in [-0.39, 0.29) is 18.0 Å². The standard InChI is InChI=1S/C21H25N3O4/c1-13-8-9-14(2)17(10-13)23-18(25)11-24(4)19(26)12-28-21(27)16-7-5-6-15(3)20(16)22/h5-10H,11-12,22H2,1-4H3,(H,23,25). The largest absolute Gasteiger partial charge is 0.452 e. The first kappa shape index (κ1) is 21.0. The molecule has 2 amide bonds. The number of nitrogens with one attached hydrogen (secondary N) is 1. The molecule has 3 N–H and O–H groups in total. The number of carbonyl (C=O) groups excluding carboxylic acids is 3. The molecule has 0 aliphatic carbocycles. The number of aryl methyl sites for hydroxylation is 3. The average molecular weight is 383 g/mol. The quantitative estimate of drug-likeness (QED) is 0.589. The summed E-state index contributed by atoms with van der Waals surface area (Å²) < 4.78 is 5.04. The van der Waals surface area contributed by atoms with Gasteiger partial charge in [0.15, 0.2) is 6.61 Å². The lowest BCUT2D eigenvalue weighted by atomic mass is 10.1. The molecular weight excluding hydrogens is 358 g/mol. The number of hydrogen-bond acceptors (Lipinski definition) is 5. The van der Waals surface area contributed by atoms with Crippen molar-refractivity contribution in [2.45, 2.75) is 20.8 Å². The van der Waals surface area contributed by atoms with Crippen LogP contribution >= 0.6 is 0 Å². The molecule has 0 spiro atoms. The highest BCUT2D eigenvalue weighted by molar-refractivity contribution is 5.98. The fourth-order valence-electron chi connectivity index (χ4n) is 2.54. The van der Waals surface area contributed by atoms with Crippen LogP contribution in [0.2, 0.25) is 0 Å². The summed E-state index contributed by atoms with van der Waals surface area (Å²) in [4.78, 5) is 37.7. The number of para-hydroxylation sites is 1. The normalized spacial score (nSPS) is 10.3. The molecule has 0 aromatic heterocycles. The Morgan fingerprint density at radius 2 is 1.79 bits per heavy atom. The molecule has 0 atom stereocenters. The van der Waals surface area contributed by atoms with Gasteiger partial charge in [-0.1, -0.05) is 24.3 Å². The van der Waals surface area contributed by atoms with Gasteiger partial charge in [-0.2, -0.15) is 0 Å². The van der Waals surface area contributed by atoms with E-state index in [4.69, 9.17) is 10.5 Å². The van der Waals surface area contributed by atoms with Crippen molar-refractivity contribution in [1.29, 1.82) is 0 Å². The Labute approximate surface area is 164 Å². The number of likely N-dealkylation sites (N-methyl/N-ethyl adjacent to an activating group) is 1. The number of carbonyl (C=O) groups is 3. The fourth-order valence-corrected chi connectivity index (χ4v) is 2.54. The SMILES string of the molecule is Cc1ccc(C)c(NC(=O)CN(C)C(=O)COC(=O)c2cccc(C)c2N)c1. The molecule has 0 fully saturated rings. The minimum absolute atomic E-state index is 0.156. The molecule has 0 aliphatic rings. The van der Waals surface area contributed by atoms with E-state index in [0.717, 1.165) is 16.7 Å². The number of hydrogen-bond donors (Lipinski definition) is 2. The molecule has 28 heavy (non-hydrogen) atoms. The van der Waals surface area contributed by atoms with Crippen molar-refractivity contribution in [3.05, 3.63) is 58.7 Å². The van der Waals surface area contributed by atoms with Gasteiger partial charge < -0.3 is 20.7 Å². The molecule has 2 rings (SSSR count). The zero-order valence-corrected chi connectivity index (χ0v) is 16.5. The van der Waals surface area contributed by atoms with E-state index in [9.17, 15) is 14.4 Å². The number of ether oxygens (including phenoxy) is 1. The summed E-state index contributed by atoms with van der Waals surface area (Å²) in [6.45, 7) is 4.97. The summed E-state index contributed by atoms with van der Waals surface area (Å²) in [5.41, 5.74) is 9.80. The molecule has 0 unspecified atom stereocenters. The second-order valence-electron chi connectivity index (χ2n) is 6.73. The van der Waals surface area contributed by atoms with Crippen LogP contribution in [0.1, 0.15) is 27.0 Å². The zero-order chi connectivity index (χ0) is 20.8. The van der Waals surface area contributed by atoms with Crippen LogP contribution in [0.3, 0.4) is 0 Å². The van der Waals surface area contributed by atoms with E-state index in [1.165, 1.54) is 18.0 Å². The molecule has 0 aliphatic heterocycles. The Morgan fingerprint density at radius 1 is 1.07 bits per heavy atom. The van der Waals surface area contributed by atoms with Gasteiger partial charge in [0.25, 0.3) is 5.91 Å². The summed E-state index contributed by atoms with van der Waals surface area (Å²) in [5.74, 6) is -1.50. The van der Waals surface area contributed by atoms with Crippen LogP contribution in [0, 0.1) is 20.8 Å². The molecule has 0 saturated carbocycles. The van der Waals surface area contributed by atoms with Crippen LogP contribution in [0.4, 0.5) is 11.4 Å². The molecular formula is C21H25N3O4. The van der Waals surface area contributed by atoms with Crippen molar-refractivity contribution in [1.82, 2.24) is 4.90 Å². The summed E-state index contributed by atoms with van der Waals surface area (Å²) in [6, 6.07) is 10.7. The summed E-state index contributed by atoms with van der Waals surface area (Å²) >= 11 is 0. The van der Waals surface area contributed by atoms with Crippen molar-refractivity contribution < 1.29 is 19.1 Å². The van der Waals surface area contributed by atoms with Gasteiger partial charge in [0.2, 0.25) is 5.91 Å². The molecule has 7 heteroatoms. The number of nitrogens with zero attached hydrogens (tertiary/aromatic N) is 1. The van der Waals surface area contributed by atoms with Crippen molar-refractivity contribution in [3.8, 4) is 0 Å². The third-order valence-electron chi connectivity index (χ3n) is 4.34. The second-order valence-corrected chi connectivity index (χ2v) is 6.73. The Morgan fingerprint density at radius 3 is 2.50 bits per heavy atom. The third kappa shape index (κ3) is 5.33. The Kier molecular flexibility index (Phi) is 6.76. The van der Waals surface area contributed by atoms with E-state index in [0.29, 0.717) is 11.4 Å². The van der Waals surface area contributed by atoms with Crippen LogP contribution in [0.15, 0.2) is 36.4 Å². The van der Waals surface area contributed by atoms with Gasteiger partial charge in [-0.25, -0.2) is 4.79 Å². The van der Waals surface area contributed by atoms with E-state index in [1.807, 2.05) is 32.0 Å². The monoisotopic (exact) mass is 383 g/mol. The van der Waals surface area contributed by atoms with Gasteiger partial charge in [0.05, 0.1) is 12.1 Å². The van der Waals surface area contributed by atoms with E-state index in [2.05, 4.69) is 5.32 Å². The van der Waals surface area contributed by atoms with Gasteiger partial charge in [-0.3, -0.25) is 9.59 Å². The Bertz CT molecular complexity index is 909. The minimum Gasteiger partial charge on any atom is -0.452 e. The van der Waals surface area contributed by atoms with Crippen LogP contribution in [0.25, 0.3) is 0 Å². The van der Waals surface area contributed by atoms with Gasteiger partial charge in [-0.05, 0) is 49.6 Å². The first-order valence-electron chi connectivity index (χ1n) is 8.82. The summed E-state index contributed by atoms with van der Waals surface area (Å²) in [5, 5.41) is 2.78. The maximum absolute atomic E-state index is 12.2. The topological polar surface area (TPSA) is 102 Å². The summed E-state index contributed by atoms with van der Waals surface area (Å²) in [6.07, 6.45) is 0. The summed E-state index contributed by atoms with van der Waals surface area (Å²) in [7, 11) is 1.47. The first-order chi connectivity index (χ1) is 13.2. The highest BCUT2D eigenvalue weighted by atomic mass is 16.5. The lowest BCUT2D eigenvalue weighted by Gasteiger charge is -2.17. The predicted molar refractivity (Wildman–Crippen MR) is 108 cm³/mol. The maximum Gasteiger partial charge on any atom is 0.340 e. The molecule has 2 aromatic rings. The van der Waals surface area contributed by atoms with Crippen molar-refractivity contribution in [2.75, 3.05) is 31.2 Å². The predicted octanol–water partition coefficient (Wildman–Crippen LogP) is 2.45. The smallest absolute Gasteiger partial charge is 0.340 e. The van der Waals surface area contributed by atoms with Crippen molar-refractivity contribution >= 4 is 29.2 Å². The van der Waals surface area contributed by atoms with Crippen LogP contribution in [-0.4, -0.2) is 42.9 Å². The van der Waals surface area contributed by atoms with Gasteiger partial charge >= 0.3 is 5.97 Å². The Hall–Kier alpha value is -3.35. The fraction of sp³-hybridized carbons (Fsp3) is 0.286. The van der Waals surface area contributed by atoms with Crippen LogP contribution in [-0.2, 0) is 14.3 Å². The van der Waals surface area contributed by atoms with Gasteiger partial charge in [-0.15, -0.1) is 0 Å². The number of nitrogens with two attached hydrogens (primary N) is 1. The molecule has 0 radical (unpaired) electrons. The van der Waals surface area contributed by atoms with Crippen molar-refractivity contribution in [3.63, 3.8) is 0 Å².